The van der Waals surface area contributed by atoms with E-state index in [1.807, 2.05) is 30.3 Å². The van der Waals surface area contributed by atoms with Crippen LogP contribution >= 0.6 is 11.6 Å². The third kappa shape index (κ3) is 5.80. The molecule has 0 aliphatic carbocycles. The average molecular weight is 425 g/mol. The molecule has 0 atom stereocenters. The lowest BCUT2D eigenvalue weighted by molar-refractivity contribution is 0.230. The summed E-state index contributed by atoms with van der Waals surface area (Å²) < 4.78 is 24.0. The summed E-state index contributed by atoms with van der Waals surface area (Å²) in [5, 5.41) is 7.72. The van der Waals surface area contributed by atoms with Gasteiger partial charge in [0, 0.05) is 31.9 Å². The van der Waals surface area contributed by atoms with E-state index in [0.717, 1.165) is 31.5 Å². The molecule has 152 valence electrons. The molecule has 1 aliphatic rings. The van der Waals surface area contributed by atoms with E-state index in [9.17, 15) is 13.2 Å². The largest absolute Gasteiger partial charge is 0.380 e. The van der Waals surface area contributed by atoms with Crippen molar-refractivity contribution in [3.05, 3.63) is 57.5 Å². The molecule has 0 spiro atoms. The second kappa shape index (κ2) is 9.07. The molecular weight excluding hydrogens is 400 g/mol. The molecular formula is C19H25ClN4O3S. The molecule has 9 heteroatoms. The maximum Gasteiger partial charge on any atom is 0.287 e. The van der Waals surface area contributed by atoms with Crippen LogP contribution in [0.4, 0.5) is 5.69 Å². The summed E-state index contributed by atoms with van der Waals surface area (Å²) in [5.41, 5.74) is 1.21. The van der Waals surface area contributed by atoms with Gasteiger partial charge in [-0.25, -0.2) is 13.1 Å². The van der Waals surface area contributed by atoms with Crippen LogP contribution in [0.1, 0.15) is 18.4 Å². The maximum atomic E-state index is 12.5. The van der Waals surface area contributed by atoms with Gasteiger partial charge in [-0.3, -0.25) is 4.79 Å². The molecule has 0 bridgehead atoms. The number of likely N-dealkylation sites (tertiary alicyclic amines) is 1. The number of anilines is 1. The van der Waals surface area contributed by atoms with Gasteiger partial charge >= 0.3 is 0 Å². The predicted molar refractivity (Wildman–Crippen MR) is 112 cm³/mol. The van der Waals surface area contributed by atoms with Gasteiger partial charge in [-0.1, -0.05) is 41.9 Å². The van der Waals surface area contributed by atoms with Gasteiger partial charge in [0.15, 0.2) is 0 Å². The zero-order valence-electron chi connectivity index (χ0n) is 15.8. The highest BCUT2D eigenvalue weighted by atomic mass is 35.5. The summed E-state index contributed by atoms with van der Waals surface area (Å²) in [6.07, 6.45) is 4.57. The lowest BCUT2D eigenvalue weighted by Gasteiger charge is -2.32. The Kier molecular flexibility index (Phi) is 6.74. The van der Waals surface area contributed by atoms with E-state index in [-0.39, 0.29) is 22.4 Å². The Morgan fingerprint density at radius 2 is 1.89 bits per heavy atom. The van der Waals surface area contributed by atoms with Gasteiger partial charge in [-0.15, -0.1) is 0 Å². The molecule has 2 heterocycles. The van der Waals surface area contributed by atoms with Gasteiger partial charge in [0.2, 0.25) is 0 Å². The van der Waals surface area contributed by atoms with Crippen LogP contribution in [0.15, 0.2) is 41.3 Å². The number of hydrogen-bond acceptors (Lipinski definition) is 6. The summed E-state index contributed by atoms with van der Waals surface area (Å²) in [5.74, 6) is 0.181. The molecule has 28 heavy (non-hydrogen) atoms. The summed E-state index contributed by atoms with van der Waals surface area (Å²) in [4.78, 5) is 14.7. The van der Waals surface area contributed by atoms with Crippen molar-refractivity contribution in [3.63, 3.8) is 0 Å². The van der Waals surface area contributed by atoms with Crippen LogP contribution in [-0.2, 0) is 16.4 Å². The molecule has 1 fully saturated rings. The van der Waals surface area contributed by atoms with Gasteiger partial charge in [-0.2, -0.15) is 5.10 Å². The van der Waals surface area contributed by atoms with Gasteiger partial charge in [0.25, 0.3) is 5.56 Å². The van der Waals surface area contributed by atoms with Crippen molar-refractivity contribution >= 4 is 27.1 Å². The first-order chi connectivity index (χ1) is 13.3. The lowest BCUT2D eigenvalue weighted by Crippen LogP contribution is -2.41. The number of benzene rings is 1. The quantitative estimate of drug-likeness (QED) is 0.730. The van der Waals surface area contributed by atoms with Gasteiger partial charge < -0.3 is 10.2 Å². The minimum atomic E-state index is -2.94. The van der Waals surface area contributed by atoms with Crippen LogP contribution < -0.4 is 10.9 Å². The van der Waals surface area contributed by atoms with Gasteiger partial charge in [0.05, 0.1) is 24.2 Å². The first kappa shape index (κ1) is 20.8. The zero-order valence-corrected chi connectivity index (χ0v) is 17.4. The molecule has 0 saturated carbocycles. The van der Waals surface area contributed by atoms with Crippen LogP contribution in [0.5, 0.6) is 0 Å². The van der Waals surface area contributed by atoms with Crippen molar-refractivity contribution in [2.75, 3.05) is 37.0 Å². The van der Waals surface area contributed by atoms with E-state index in [2.05, 4.69) is 15.3 Å². The Morgan fingerprint density at radius 1 is 1.21 bits per heavy atom. The molecule has 0 radical (unpaired) electrons. The summed E-state index contributed by atoms with van der Waals surface area (Å²) in [7, 11) is -2.94. The molecule has 1 aliphatic heterocycles. The number of nitrogens with one attached hydrogen (secondary N) is 1. The molecule has 3 rings (SSSR count). The normalized spacial score (nSPS) is 16.2. The fourth-order valence-corrected chi connectivity index (χ4v) is 4.04. The number of rotatable bonds is 7. The summed E-state index contributed by atoms with van der Waals surface area (Å²) in [6, 6.07) is 9.81. The van der Waals surface area contributed by atoms with Crippen molar-refractivity contribution in [2.24, 2.45) is 0 Å². The van der Waals surface area contributed by atoms with Crippen molar-refractivity contribution in [3.8, 4) is 0 Å². The second-order valence-electron chi connectivity index (χ2n) is 7.21. The minimum Gasteiger partial charge on any atom is -0.380 e. The van der Waals surface area contributed by atoms with Crippen LogP contribution in [0.3, 0.4) is 0 Å². The lowest BCUT2D eigenvalue weighted by atomic mass is 10.0. The minimum absolute atomic E-state index is 0.144. The van der Waals surface area contributed by atoms with Crippen molar-refractivity contribution < 1.29 is 8.42 Å². The van der Waals surface area contributed by atoms with Crippen LogP contribution in [-0.4, -0.2) is 60.8 Å². The topological polar surface area (TPSA) is 84.3 Å². The molecule has 7 nitrogen and oxygen atoms in total. The molecule has 2 aromatic rings. The highest BCUT2D eigenvalue weighted by Crippen LogP contribution is 2.21. The Balaban J connectivity index is 1.58. The van der Waals surface area contributed by atoms with Crippen LogP contribution in [0, 0.1) is 0 Å². The number of sulfone groups is 1. The summed E-state index contributed by atoms with van der Waals surface area (Å²) >= 11 is 6.30. The molecule has 0 unspecified atom stereocenters. The van der Waals surface area contributed by atoms with Crippen LogP contribution in [0.25, 0.3) is 0 Å². The van der Waals surface area contributed by atoms with Gasteiger partial charge in [-0.05, 0) is 18.4 Å². The monoisotopic (exact) mass is 424 g/mol. The second-order valence-corrected chi connectivity index (χ2v) is 9.85. The molecule has 0 amide bonds. The van der Waals surface area contributed by atoms with Crippen molar-refractivity contribution in [1.29, 1.82) is 0 Å². The highest BCUT2D eigenvalue weighted by molar-refractivity contribution is 7.90. The Hall–Kier alpha value is -1.90. The average Bonchev–Trinajstić information content (AvgIpc) is 2.67. The standard InChI is InChI=1S/C19H25ClN4O3S/c1-28(26,27)12-11-23-9-7-16(8-10-23)22-17-13-21-24(19(25)18(17)20)14-15-5-3-2-4-6-15/h2-6,13,16,22H,7-12,14H2,1H3. The SMILES string of the molecule is CS(=O)(=O)CCN1CCC(Nc2cnn(Cc3ccccc3)c(=O)c2Cl)CC1. The molecule has 1 aromatic carbocycles. The summed E-state index contributed by atoms with van der Waals surface area (Å²) in [6.45, 7) is 2.55. The Bertz CT molecular complexity index is 955. The first-order valence-corrected chi connectivity index (χ1v) is 11.7. The fourth-order valence-electron chi connectivity index (χ4n) is 3.25. The number of nitrogens with zero attached hydrogens (tertiary/aromatic N) is 3. The number of aromatic nitrogens is 2. The fraction of sp³-hybridized carbons (Fsp3) is 0.474. The number of hydrogen-bond donors (Lipinski definition) is 1. The smallest absolute Gasteiger partial charge is 0.287 e. The molecule has 1 aromatic heterocycles. The van der Waals surface area contributed by atoms with Crippen molar-refractivity contribution in [1.82, 2.24) is 14.7 Å². The third-order valence-electron chi connectivity index (χ3n) is 4.89. The number of halogens is 1. The maximum absolute atomic E-state index is 12.5. The van der Waals surface area contributed by atoms with E-state index in [1.54, 1.807) is 6.20 Å². The van der Waals surface area contributed by atoms with E-state index in [1.165, 1.54) is 10.9 Å². The van der Waals surface area contributed by atoms with Crippen LogP contribution in [0.2, 0.25) is 5.02 Å². The zero-order chi connectivity index (χ0) is 20.1. The van der Waals surface area contributed by atoms with E-state index < -0.39 is 9.84 Å². The highest BCUT2D eigenvalue weighted by Gasteiger charge is 2.21. The first-order valence-electron chi connectivity index (χ1n) is 9.28. The number of piperidine rings is 1. The van der Waals surface area contributed by atoms with Gasteiger partial charge in [0.1, 0.15) is 14.9 Å². The van der Waals surface area contributed by atoms with Crippen molar-refractivity contribution in [2.45, 2.75) is 25.4 Å². The van der Waals surface area contributed by atoms with E-state index in [4.69, 9.17) is 11.6 Å². The Labute approximate surface area is 170 Å². The van der Waals surface area contributed by atoms with E-state index in [0.29, 0.717) is 18.8 Å². The molecule has 1 N–H and O–H groups in total. The third-order valence-corrected chi connectivity index (χ3v) is 6.17. The predicted octanol–water partition coefficient (Wildman–Crippen LogP) is 1.87. The molecule has 1 saturated heterocycles. The van der Waals surface area contributed by atoms with E-state index >= 15 is 0 Å². The Morgan fingerprint density at radius 3 is 2.54 bits per heavy atom.